The third-order valence-corrected chi connectivity index (χ3v) is 7.09. The first kappa shape index (κ1) is 23.5. The van der Waals surface area contributed by atoms with E-state index in [2.05, 4.69) is 73.9 Å². The highest BCUT2D eigenvalue weighted by Gasteiger charge is 2.37. The molecule has 2 N–H and O–H groups in total. The van der Waals surface area contributed by atoms with Crippen molar-refractivity contribution in [3.05, 3.63) is 19.0 Å². The Morgan fingerprint density at radius 1 is 1.20 bits per heavy atom. The molecular formula is C17H25Br3ClNO3. The van der Waals surface area contributed by atoms with Crippen molar-refractivity contribution < 1.29 is 14.6 Å². The fourth-order valence-corrected chi connectivity index (χ4v) is 4.16. The smallest absolute Gasteiger partial charge is 0.177 e. The van der Waals surface area contributed by atoms with E-state index in [1.54, 1.807) is 0 Å². The van der Waals surface area contributed by atoms with Crippen molar-refractivity contribution in [1.82, 2.24) is 5.32 Å². The molecule has 0 spiro atoms. The lowest BCUT2D eigenvalue weighted by Crippen LogP contribution is -2.42. The standard InChI is InChI=1S/C17H24Br3NO3.ClH/c1-16(2,3)21-7-9(22)8-23-15-13(20)12(19)11(18)10-6-17(4,5)24-14(10)15;/h9,21-22H,6-8H2,1-5H3;1H. The predicted molar refractivity (Wildman–Crippen MR) is 114 cm³/mol. The highest BCUT2D eigenvalue weighted by molar-refractivity contribution is 9.14. The molecule has 8 heteroatoms. The molecule has 1 unspecified atom stereocenters. The Morgan fingerprint density at radius 2 is 1.80 bits per heavy atom. The Hall–Kier alpha value is 0.470. The van der Waals surface area contributed by atoms with Crippen LogP contribution in [0.15, 0.2) is 13.4 Å². The van der Waals surface area contributed by atoms with E-state index >= 15 is 0 Å². The van der Waals surface area contributed by atoms with Gasteiger partial charge in [0.2, 0.25) is 0 Å². The summed E-state index contributed by atoms with van der Waals surface area (Å²) in [6.07, 6.45) is 0.183. The second-order valence-corrected chi connectivity index (χ2v) is 10.1. The highest BCUT2D eigenvalue weighted by atomic mass is 79.9. The molecule has 1 aliphatic rings. The number of rotatable bonds is 5. The lowest BCUT2D eigenvalue weighted by Gasteiger charge is -2.24. The van der Waals surface area contributed by atoms with Gasteiger partial charge in [0.05, 0.1) is 8.95 Å². The lowest BCUT2D eigenvalue weighted by atomic mass is 10.0. The van der Waals surface area contributed by atoms with Crippen molar-refractivity contribution in [1.29, 1.82) is 0 Å². The van der Waals surface area contributed by atoms with Crippen LogP contribution in [-0.4, -0.2) is 35.5 Å². The molecule has 2 rings (SSSR count). The molecule has 0 amide bonds. The molecule has 1 aromatic rings. The topological polar surface area (TPSA) is 50.7 Å². The number of aliphatic hydroxyl groups is 1. The van der Waals surface area contributed by atoms with Crippen molar-refractivity contribution in [2.45, 2.75) is 58.3 Å². The van der Waals surface area contributed by atoms with Crippen LogP contribution < -0.4 is 14.8 Å². The van der Waals surface area contributed by atoms with Crippen molar-refractivity contribution in [3.8, 4) is 11.5 Å². The molecular weight excluding hydrogens is 541 g/mol. The molecule has 1 heterocycles. The largest absolute Gasteiger partial charge is 0.486 e. The number of ether oxygens (including phenoxy) is 2. The van der Waals surface area contributed by atoms with E-state index in [9.17, 15) is 5.11 Å². The maximum absolute atomic E-state index is 10.2. The fourth-order valence-electron chi connectivity index (χ4n) is 2.46. The summed E-state index contributed by atoms with van der Waals surface area (Å²) in [5.41, 5.74) is 0.749. The number of benzene rings is 1. The third kappa shape index (κ3) is 5.98. The zero-order valence-corrected chi connectivity index (χ0v) is 20.6. The first-order chi connectivity index (χ1) is 10.9. The van der Waals surface area contributed by atoms with Gasteiger partial charge in [-0.1, -0.05) is 0 Å². The van der Waals surface area contributed by atoms with E-state index in [1.165, 1.54) is 0 Å². The van der Waals surface area contributed by atoms with Gasteiger partial charge in [-0.2, -0.15) is 0 Å². The predicted octanol–water partition coefficient (Wildman–Crippen LogP) is 5.24. The number of nitrogens with one attached hydrogen (secondary N) is 1. The molecule has 144 valence electrons. The second-order valence-electron chi connectivity index (χ2n) is 7.71. The molecule has 0 radical (unpaired) electrons. The molecule has 0 saturated carbocycles. The van der Waals surface area contributed by atoms with Crippen molar-refractivity contribution >= 4 is 60.2 Å². The summed E-state index contributed by atoms with van der Waals surface area (Å²) in [5, 5.41) is 13.4. The number of β-amino-alcohol motifs (C(OH)–C–C–N with tert-alkyl or cyclic N) is 1. The van der Waals surface area contributed by atoms with E-state index in [0.717, 1.165) is 31.2 Å². The SMILES string of the molecule is CC(C)(C)NCC(O)COc1c(Br)c(Br)c(Br)c2c1OC(C)(C)C2.Cl. The Morgan fingerprint density at radius 3 is 2.36 bits per heavy atom. The molecule has 1 aliphatic heterocycles. The molecule has 25 heavy (non-hydrogen) atoms. The van der Waals surface area contributed by atoms with Crippen LogP contribution in [0.1, 0.15) is 40.2 Å². The number of hydrogen-bond acceptors (Lipinski definition) is 4. The van der Waals surface area contributed by atoms with Crippen LogP contribution in [0.25, 0.3) is 0 Å². The first-order valence-corrected chi connectivity index (χ1v) is 10.2. The van der Waals surface area contributed by atoms with Crippen LogP contribution in [0.4, 0.5) is 0 Å². The quantitative estimate of drug-likeness (QED) is 0.479. The van der Waals surface area contributed by atoms with Crippen molar-refractivity contribution in [2.24, 2.45) is 0 Å². The average Bonchev–Trinajstić information content (AvgIpc) is 2.77. The van der Waals surface area contributed by atoms with E-state index in [4.69, 9.17) is 9.47 Å². The van der Waals surface area contributed by atoms with Crippen LogP contribution in [-0.2, 0) is 6.42 Å². The molecule has 0 fully saturated rings. The molecule has 4 nitrogen and oxygen atoms in total. The highest BCUT2D eigenvalue weighted by Crippen LogP contribution is 2.53. The number of halogens is 4. The zero-order chi connectivity index (χ0) is 18.3. The molecule has 0 saturated heterocycles. The maximum Gasteiger partial charge on any atom is 0.177 e. The van der Waals surface area contributed by atoms with E-state index in [-0.39, 0.29) is 30.2 Å². The maximum atomic E-state index is 10.2. The molecule has 1 aromatic carbocycles. The van der Waals surface area contributed by atoms with Crippen LogP contribution >= 0.6 is 60.2 Å². The van der Waals surface area contributed by atoms with E-state index in [0.29, 0.717) is 12.3 Å². The minimum absolute atomic E-state index is 0. The lowest BCUT2D eigenvalue weighted by molar-refractivity contribution is 0.0920. The minimum Gasteiger partial charge on any atom is -0.486 e. The van der Waals surface area contributed by atoms with Gasteiger partial charge in [0.1, 0.15) is 18.3 Å². The Kier molecular flexibility index (Phi) is 8.14. The van der Waals surface area contributed by atoms with Gasteiger partial charge < -0.3 is 19.9 Å². The summed E-state index contributed by atoms with van der Waals surface area (Å²) in [4.78, 5) is 0. The van der Waals surface area contributed by atoms with Crippen molar-refractivity contribution in [2.75, 3.05) is 13.2 Å². The number of fused-ring (bicyclic) bond motifs is 1. The Labute approximate surface area is 181 Å². The molecule has 0 aromatic heterocycles. The van der Waals surface area contributed by atoms with Crippen molar-refractivity contribution in [3.63, 3.8) is 0 Å². The monoisotopic (exact) mass is 563 g/mol. The van der Waals surface area contributed by atoms with Gasteiger partial charge in [-0.25, -0.2) is 0 Å². The summed E-state index contributed by atoms with van der Waals surface area (Å²) < 4.78 is 14.6. The van der Waals surface area contributed by atoms with Gasteiger partial charge in [0, 0.05) is 28.5 Å². The van der Waals surface area contributed by atoms with E-state index < -0.39 is 6.10 Å². The Balaban J connectivity index is 0.00000312. The summed E-state index contributed by atoms with van der Waals surface area (Å²) >= 11 is 10.8. The molecule has 1 atom stereocenters. The second kappa shape index (κ2) is 8.65. The summed E-state index contributed by atoms with van der Waals surface area (Å²) in [6.45, 7) is 10.9. The Bertz CT molecular complexity index is 633. The minimum atomic E-state index is -0.608. The number of aliphatic hydroxyl groups excluding tert-OH is 1. The van der Waals surface area contributed by atoms with Crippen LogP contribution in [0.2, 0.25) is 0 Å². The van der Waals surface area contributed by atoms with Gasteiger partial charge >= 0.3 is 0 Å². The first-order valence-electron chi connectivity index (χ1n) is 7.85. The van der Waals surface area contributed by atoms with Crippen LogP contribution in [0.5, 0.6) is 11.5 Å². The van der Waals surface area contributed by atoms with Crippen LogP contribution in [0.3, 0.4) is 0 Å². The van der Waals surface area contributed by atoms with E-state index in [1.807, 2.05) is 13.8 Å². The fraction of sp³-hybridized carbons (Fsp3) is 0.647. The normalized spacial score (nSPS) is 16.7. The molecule has 0 aliphatic carbocycles. The summed E-state index contributed by atoms with van der Waals surface area (Å²) in [6, 6.07) is 0. The van der Waals surface area contributed by atoms with Crippen LogP contribution in [0, 0.1) is 0 Å². The number of hydrogen-bond donors (Lipinski definition) is 2. The average molecular weight is 567 g/mol. The summed E-state index contributed by atoms with van der Waals surface area (Å²) in [7, 11) is 0. The van der Waals surface area contributed by atoms with Gasteiger partial charge in [0.25, 0.3) is 0 Å². The molecule has 0 bridgehead atoms. The third-order valence-electron chi connectivity index (χ3n) is 3.60. The van der Waals surface area contributed by atoms with Gasteiger partial charge in [0.15, 0.2) is 11.5 Å². The van der Waals surface area contributed by atoms with Gasteiger partial charge in [-0.3, -0.25) is 0 Å². The zero-order valence-electron chi connectivity index (χ0n) is 15.0. The van der Waals surface area contributed by atoms with Gasteiger partial charge in [-0.15, -0.1) is 12.4 Å². The summed E-state index contributed by atoms with van der Waals surface area (Å²) in [5.74, 6) is 1.36. The van der Waals surface area contributed by atoms with Gasteiger partial charge in [-0.05, 0) is 82.4 Å².